The van der Waals surface area contributed by atoms with Gasteiger partial charge in [-0.25, -0.2) is 13.2 Å². The van der Waals surface area contributed by atoms with Gasteiger partial charge in [0, 0.05) is 16.5 Å². The number of benzene rings is 1. The minimum absolute atomic E-state index is 0.0276. The summed E-state index contributed by atoms with van der Waals surface area (Å²) in [6.07, 6.45) is 7.19. The maximum atomic E-state index is 14.1. The smallest absolute Gasteiger partial charge is 0.161 e. The van der Waals surface area contributed by atoms with Crippen LogP contribution >= 0.6 is 15.9 Å². The van der Waals surface area contributed by atoms with Crippen molar-refractivity contribution in [2.24, 2.45) is 23.2 Å². The van der Waals surface area contributed by atoms with Gasteiger partial charge in [0.2, 0.25) is 0 Å². The highest BCUT2D eigenvalue weighted by atomic mass is 79.9. The molecule has 0 N–H and O–H groups in total. The molecule has 4 heteroatoms. The van der Waals surface area contributed by atoms with Gasteiger partial charge in [-0.15, -0.1) is 0 Å². The molecule has 4 aliphatic rings. The Morgan fingerprint density at radius 1 is 0.857 bits per heavy atom. The van der Waals surface area contributed by atoms with E-state index >= 15 is 0 Å². The number of hydrogen-bond acceptors (Lipinski definition) is 0. The maximum Gasteiger partial charge on any atom is 0.161 e. The van der Waals surface area contributed by atoms with E-state index < -0.39 is 17.5 Å². The lowest BCUT2D eigenvalue weighted by Gasteiger charge is -2.58. The van der Waals surface area contributed by atoms with E-state index in [1.165, 1.54) is 19.3 Å². The highest BCUT2D eigenvalue weighted by Crippen LogP contribution is 2.66. The second-order valence-electron chi connectivity index (χ2n) is 7.43. The van der Waals surface area contributed by atoms with Crippen molar-refractivity contribution in [3.8, 4) is 0 Å². The first-order chi connectivity index (χ1) is 9.97. The molecule has 0 amide bonds. The van der Waals surface area contributed by atoms with Gasteiger partial charge < -0.3 is 0 Å². The number of hydrogen-bond donors (Lipinski definition) is 0. The minimum atomic E-state index is -1.11. The van der Waals surface area contributed by atoms with Crippen LogP contribution in [0.5, 0.6) is 0 Å². The second kappa shape index (κ2) is 4.74. The third-order valence-electron chi connectivity index (χ3n) is 5.94. The monoisotopic (exact) mass is 358 g/mol. The molecule has 1 atom stereocenters. The summed E-state index contributed by atoms with van der Waals surface area (Å²) in [6, 6.07) is 1.72. The Bertz CT molecular complexity index is 548. The van der Waals surface area contributed by atoms with Gasteiger partial charge in [0.25, 0.3) is 0 Å². The molecule has 0 nitrogen and oxygen atoms in total. The summed E-state index contributed by atoms with van der Waals surface area (Å²) in [5.41, 5.74) is 0.315. The van der Waals surface area contributed by atoms with E-state index in [4.69, 9.17) is 0 Å². The maximum absolute atomic E-state index is 14.1. The molecule has 0 spiro atoms. The Kier molecular flexibility index (Phi) is 3.18. The molecule has 114 valence electrons. The molecule has 4 saturated carbocycles. The van der Waals surface area contributed by atoms with Crippen LogP contribution in [0.15, 0.2) is 12.1 Å². The van der Waals surface area contributed by atoms with Gasteiger partial charge in [0.15, 0.2) is 11.6 Å². The number of halogens is 4. The quantitative estimate of drug-likeness (QED) is 0.465. The molecule has 0 saturated heterocycles. The molecule has 0 radical (unpaired) electrons. The predicted octanol–water partition coefficient (Wildman–Crippen LogP) is 5.76. The van der Waals surface area contributed by atoms with Gasteiger partial charge in [0.1, 0.15) is 5.82 Å². The highest BCUT2D eigenvalue weighted by molar-refractivity contribution is 9.09. The zero-order valence-corrected chi connectivity index (χ0v) is 13.3. The summed E-state index contributed by atoms with van der Waals surface area (Å²) in [5.74, 6) is -0.479. The van der Waals surface area contributed by atoms with E-state index in [9.17, 15) is 13.2 Å². The first-order valence-electron chi connectivity index (χ1n) is 7.75. The van der Waals surface area contributed by atoms with Crippen LogP contribution in [0.1, 0.15) is 48.9 Å². The number of rotatable bonds is 2. The van der Waals surface area contributed by atoms with Gasteiger partial charge in [-0.2, -0.15) is 0 Å². The first-order valence-corrected chi connectivity index (χ1v) is 8.67. The van der Waals surface area contributed by atoms with E-state index in [-0.39, 0.29) is 15.8 Å². The summed E-state index contributed by atoms with van der Waals surface area (Å²) in [5, 5.41) is 0. The zero-order chi connectivity index (χ0) is 14.8. The molecule has 0 aromatic heterocycles. The van der Waals surface area contributed by atoms with E-state index in [1.807, 2.05) is 0 Å². The summed E-state index contributed by atoms with van der Waals surface area (Å²) < 4.78 is 40.8. The van der Waals surface area contributed by atoms with Crippen LogP contribution in [-0.4, -0.2) is 0 Å². The largest absolute Gasteiger partial charge is 0.207 e. The van der Waals surface area contributed by atoms with E-state index in [2.05, 4.69) is 15.9 Å². The van der Waals surface area contributed by atoms with Crippen molar-refractivity contribution in [2.45, 2.75) is 43.4 Å². The Balaban J connectivity index is 1.71. The Labute approximate surface area is 131 Å². The normalized spacial score (nSPS) is 38.8. The van der Waals surface area contributed by atoms with E-state index in [0.29, 0.717) is 6.07 Å². The van der Waals surface area contributed by atoms with E-state index in [0.717, 1.165) is 43.1 Å². The first kappa shape index (κ1) is 14.1. The molecule has 1 aromatic rings. The lowest BCUT2D eigenvalue weighted by molar-refractivity contribution is -0.0532. The van der Waals surface area contributed by atoms with Crippen molar-refractivity contribution >= 4 is 15.9 Å². The fraction of sp³-hybridized carbons (Fsp3) is 0.647. The molecule has 4 aliphatic carbocycles. The van der Waals surface area contributed by atoms with Crippen LogP contribution in [0.4, 0.5) is 13.2 Å². The van der Waals surface area contributed by atoms with Crippen LogP contribution in [0, 0.1) is 40.6 Å². The van der Waals surface area contributed by atoms with Crippen LogP contribution in [0.25, 0.3) is 0 Å². The highest BCUT2D eigenvalue weighted by Gasteiger charge is 2.54. The van der Waals surface area contributed by atoms with Crippen molar-refractivity contribution < 1.29 is 13.2 Å². The molecule has 5 rings (SSSR count). The molecule has 21 heavy (non-hydrogen) atoms. The van der Waals surface area contributed by atoms with E-state index in [1.54, 1.807) is 0 Å². The van der Waals surface area contributed by atoms with Crippen LogP contribution < -0.4 is 0 Å². The standard InChI is InChI=1S/C17H18BrF3/c18-16(12-4-14(20)15(21)5-13(12)19)17-6-9-1-10(7-17)3-11(2-9)8-17/h4-5,9-11,16H,1-3,6-8H2. The summed E-state index contributed by atoms with van der Waals surface area (Å²) in [7, 11) is 0. The van der Waals surface area contributed by atoms with Gasteiger partial charge in [-0.05, 0) is 67.8 Å². The van der Waals surface area contributed by atoms with Crippen LogP contribution in [-0.2, 0) is 0 Å². The Morgan fingerprint density at radius 3 is 1.86 bits per heavy atom. The van der Waals surface area contributed by atoms with Crippen molar-refractivity contribution in [1.29, 1.82) is 0 Å². The van der Waals surface area contributed by atoms with Gasteiger partial charge in [0.05, 0.1) is 0 Å². The molecule has 4 fully saturated rings. The van der Waals surface area contributed by atoms with Gasteiger partial charge >= 0.3 is 0 Å². The average Bonchev–Trinajstić information content (AvgIpc) is 2.40. The topological polar surface area (TPSA) is 0 Å². The fourth-order valence-corrected chi connectivity index (χ4v) is 6.46. The average molecular weight is 359 g/mol. The lowest BCUT2D eigenvalue weighted by Crippen LogP contribution is -2.47. The Morgan fingerprint density at radius 2 is 1.33 bits per heavy atom. The zero-order valence-electron chi connectivity index (χ0n) is 11.7. The third-order valence-corrected chi connectivity index (χ3v) is 7.40. The summed E-state index contributed by atoms with van der Waals surface area (Å²) >= 11 is 3.65. The molecular formula is C17H18BrF3. The van der Waals surface area contributed by atoms with Crippen molar-refractivity contribution in [1.82, 2.24) is 0 Å². The Hall–Kier alpha value is -0.510. The second-order valence-corrected chi connectivity index (χ2v) is 8.35. The van der Waals surface area contributed by atoms with Gasteiger partial charge in [-0.1, -0.05) is 15.9 Å². The van der Waals surface area contributed by atoms with Crippen LogP contribution in [0.3, 0.4) is 0 Å². The number of alkyl halides is 1. The van der Waals surface area contributed by atoms with Crippen molar-refractivity contribution in [3.63, 3.8) is 0 Å². The predicted molar refractivity (Wildman–Crippen MR) is 78.6 cm³/mol. The molecular weight excluding hydrogens is 341 g/mol. The lowest BCUT2D eigenvalue weighted by atomic mass is 9.48. The van der Waals surface area contributed by atoms with Crippen LogP contribution in [0.2, 0.25) is 0 Å². The molecule has 0 aliphatic heterocycles. The summed E-state index contributed by atoms with van der Waals surface area (Å²) in [4.78, 5) is -0.214. The van der Waals surface area contributed by atoms with Gasteiger partial charge in [-0.3, -0.25) is 0 Å². The fourth-order valence-electron chi connectivity index (χ4n) is 5.55. The third kappa shape index (κ3) is 2.16. The minimum Gasteiger partial charge on any atom is -0.207 e. The molecule has 4 bridgehead atoms. The van der Waals surface area contributed by atoms with Crippen molar-refractivity contribution in [3.05, 3.63) is 35.1 Å². The molecule has 0 heterocycles. The van der Waals surface area contributed by atoms with Crippen molar-refractivity contribution in [2.75, 3.05) is 0 Å². The summed E-state index contributed by atoms with van der Waals surface area (Å²) in [6.45, 7) is 0. The SMILES string of the molecule is Fc1cc(F)c(C(Br)C23CC4CC(CC(C4)C2)C3)cc1F. The molecule has 1 aromatic carbocycles. The molecule has 1 unspecified atom stereocenters.